The Morgan fingerprint density at radius 1 is 1.11 bits per heavy atom. The predicted octanol–water partition coefficient (Wildman–Crippen LogP) is 3.16. The molecule has 1 heterocycles. The van der Waals surface area contributed by atoms with Crippen LogP contribution < -0.4 is 10.6 Å². The molecule has 2 unspecified atom stereocenters. The van der Waals surface area contributed by atoms with Crippen molar-refractivity contribution in [3.8, 4) is 0 Å². The second kappa shape index (κ2) is 11.8. The normalized spacial score (nSPS) is 23.3. The number of rotatable bonds is 7. The number of carbonyl (C=O) groups is 4. The van der Waals surface area contributed by atoms with Crippen molar-refractivity contribution in [1.82, 2.24) is 15.5 Å². The number of carbonyl (C=O) groups excluding carboxylic acids is 3. The summed E-state index contributed by atoms with van der Waals surface area (Å²) in [5, 5.41) is 15.0. The highest BCUT2D eigenvalue weighted by Crippen LogP contribution is 2.29. The van der Waals surface area contributed by atoms with Crippen LogP contribution in [0.2, 0.25) is 0 Å². The molecule has 3 amide bonds. The van der Waals surface area contributed by atoms with Crippen LogP contribution in [0.4, 0.5) is 4.79 Å². The van der Waals surface area contributed by atoms with Gasteiger partial charge in [0.15, 0.2) is 0 Å². The Morgan fingerprint density at radius 3 is 2.37 bits per heavy atom. The summed E-state index contributed by atoms with van der Waals surface area (Å²) in [6.45, 7) is 5.74. The number of amides is 3. The van der Waals surface area contributed by atoms with Crippen LogP contribution in [0.5, 0.6) is 0 Å². The van der Waals surface area contributed by atoms with E-state index in [4.69, 9.17) is 4.74 Å². The predicted molar refractivity (Wildman–Crippen MR) is 133 cm³/mol. The average molecular weight is 506 g/mol. The van der Waals surface area contributed by atoms with E-state index in [-0.39, 0.29) is 17.7 Å². The first-order valence-electron chi connectivity index (χ1n) is 12.0. The zero-order valence-corrected chi connectivity index (χ0v) is 21.3. The van der Waals surface area contributed by atoms with Gasteiger partial charge in [0.25, 0.3) is 0 Å². The fraction of sp³-hybridized carbons (Fsp3) is 0.600. The van der Waals surface area contributed by atoms with Crippen LogP contribution in [-0.4, -0.2) is 63.7 Å². The third-order valence-electron chi connectivity index (χ3n) is 6.26. The molecule has 2 fully saturated rings. The van der Waals surface area contributed by atoms with Crippen LogP contribution in [0, 0.1) is 11.8 Å². The molecule has 10 heteroatoms. The molecule has 1 aromatic rings. The van der Waals surface area contributed by atoms with E-state index in [9.17, 15) is 24.3 Å². The highest BCUT2D eigenvalue weighted by atomic mass is 32.2. The summed E-state index contributed by atoms with van der Waals surface area (Å²) in [6, 6.07) is 7.33. The summed E-state index contributed by atoms with van der Waals surface area (Å²) in [6.07, 6.45) is 2.14. The first-order chi connectivity index (χ1) is 16.5. The number of thioether (sulfide) groups is 1. The largest absolute Gasteiger partial charge is 0.481 e. The second-order valence-corrected chi connectivity index (χ2v) is 11.1. The summed E-state index contributed by atoms with van der Waals surface area (Å²) in [4.78, 5) is 51.6. The maximum Gasteiger partial charge on any atom is 0.411 e. The van der Waals surface area contributed by atoms with Crippen LogP contribution in [0.15, 0.2) is 30.3 Å². The molecule has 2 aliphatic rings. The van der Waals surface area contributed by atoms with Crippen molar-refractivity contribution in [3.05, 3.63) is 35.9 Å². The van der Waals surface area contributed by atoms with Crippen molar-refractivity contribution < 1.29 is 29.0 Å². The van der Waals surface area contributed by atoms with Crippen LogP contribution in [-0.2, 0) is 19.1 Å². The Kier molecular flexibility index (Phi) is 9.04. The molecule has 1 aliphatic carbocycles. The molecule has 1 aliphatic heterocycles. The topological polar surface area (TPSA) is 125 Å². The highest BCUT2D eigenvalue weighted by molar-refractivity contribution is 7.99. The Hall–Kier alpha value is -2.75. The first kappa shape index (κ1) is 26.8. The van der Waals surface area contributed by atoms with Gasteiger partial charge < -0.3 is 20.5 Å². The van der Waals surface area contributed by atoms with Gasteiger partial charge >= 0.3 is 12.1 Å². The monoisotopic (exact) mass is 505 g/mol. The van der Waals surface area contributed by atoms with Gasteiger partial charge in [0.2, 0.25) is 11.8 Å². The summed E-state index contributed by atoms with van der Waals surface area (Å²) in [5.74, 6) is -0.850. The minimum Gasteiger partial charge on any atom is -0.481 e. The zero-order chi connectivity index (χ0) is 25.6. The SMILES string of the molecule is CC(C)(C)OC(=O)N1CSCC1C(=O)NC(C(=O)NCC1CCC(C(=O)O)CC1)c1ccccc1. The Balaban J connectivity index is 1.64. The molecule has 1 aromatic carbocycles. The fourth-order valence-corrected chi connectivity index (χ4v) is 5.45. The van der Waals surface area contributed by atoms with Gasteiger partial charge in [-0.1, -0.05) is 30.3 Å². The van der Waals surface area contributed by atoms with Crippen molar-refractivity contribution in [2.75, 3.05) is 18.2 Å². The van der Waals surface area contributed by atoms with E-state index >= 15 is 0 Å². The molecule has 2 atom stereocenters. The van der Waals surface area contributed by atoms with Gasteiger partial charge in [0.1, 0.15) is 17.7 Å². The third-order valence-corrected chi connectivity index (χ3v) is 7.27. The van der Waals surface area contributed by atoms with E-state index in [0.29, 0.717) is 36.6 Å². The molecule has 9 nitrogen and oxygen atoms in total. The number of hydrogen-bond donors (Lipinski definition) is 3. The van der Waals surface area contributed by atoms with E-state index in [0.717, 1.165) is 12.8 Å². The lowest BCUT2D eigenvalue weighted by Gasteiger charge is -2.29. The molecule has 1 saturated carbocycles. The van der Waals surface area contributed by atoms with Crippen LogP contribution in [0.1, 0.15) is 58.1 Å². The van der Waals surface area contributed by atoms with Gasteiger partial charge in [-0.2, -0.15) is 0 Å². The van der Waals surface area contributed by atoms with Crippen LogP contribution in [0.25, 0.3) is 0 Å². The van der Waals surface area contributed by atoms with Crippen molar-refractivity contribution in [1.29, 1.82) is 0 Å². The second-order valence-electron chi connectivity index (χ2n) is 10.1. The van der Waals surface area contributed by atoms with E-state index in [1.54, 1.807) is 45.0 Å². The van der Waals surface area contributed by atoms with E-state index in [1.807, 2.05) is 6.07 Å². The molecule has 3 rings (SSSR count). The van der Waals surface area contributed by atoms with Gasteiger partial charge in [-0.25, -0.2) is 4.79 Å². The molecule has 3 N–H and O–H groups in total. The van der Waals surface area contributed by atoms with Crippen molar-refractivity contribution >= 4 is 35.6 Å². The molecular formula is C25H35N3O6S. The summed E-state index contributed by atoms with van der Waals surface area (Å²) < 4.78 is 5.44. The van der Waals surface area contributed by atoms with Crippen LogP contribution >= 0.6 is 11.8 Å². The number of ether oxygens (including phenoxy) is 1. The Morgan fingerprint density at radius 2 is 1.77 bits per heavy atom. The van der Waals surface area contributed by atoms with Crippen molar-refractivity contribution in [2.24, 2.45) is 11.8 Å². The number of nitrogens with zero attached hydrogens (tertiary/aromatic N) is 1. The molecular weight excluding hydrogens is 470 g/mol. The molecule has 1 saturated heterocycles. The van der Waals surface area contributed by atoms with Crippen molar-refractivity contribution in [3.63, 3.8) is 0 Å². The number of aliphatic carboxylic acids is 1. The smallest absolute Gasteiger partial charge is 0.411 e. The lowest BCUT2D eigenvalue weighted by atomic mass is 9.82. The minimum atomic E-state index is -0.912. The lowest BCUT2D eigenvalue weighted by Crippen LogP contribution is -2.51. The highest BCUT2D eigenvalue weighted by Gasteiger charge is 2.39. The number of nitrogens with one attached hydrogen (secondary N) is 2. The fourth-order valence-electron chi connectivity index (χ4n) is 4.31. The van der Waals surface area contributed by atoms with Crippen molar-refractivity contribution in [2.45, 2.75) is 64.1 Å². The summed E-state index contributed by atoms with van der Waals surface area (Å²) >= 11 is 1.46. The quantitative estimate of drug-likeness (QED) is 0.520. The minimum absolute atomic E-state index is 0.204. The van der Waals surface area contributed by atoms with Gasteiger partial charge in [-0.3, -0.25) is 19.3 Å². The molecule has 0 aromatic heterocycles. The lowest BCUT2D eigenvalue weighted by molar-refractivity contribution is -0.143. The molecule has 0 spiro atoms. The van der Waals surface area contributed by atoms with Gasteiger partial charge in [0, 0.05) is 12.3 Å². The van der Waals surface area contributed by atoms with Gasteiger partial charge in [-0.15, -0.1) is 11.8 Å². The number of carboxylic acids is 1. The van der Waals surface area contributed by atoms with E-state index in [2.05, 4.69) is 10.6 Å². The zero-order valence-electron chi connectivity index (χ0n) is 20.5. The Bertz CT molecular complexity index is 912. The van der Waals surface area contributed by atoms with Gasteiger partial charge in [-0.05, 0) is 57.9 Å². The maximum atomic E-state index is 13.2. The van der Waals surface area contributed by atoms with E-state index in [1.165, 1.54) is 16.7 Å². The molecule has 35 heavy (non-hydrogen) atoms. The molecule has 0 radical (unpaired) electrons. The number of hydrogen-bond acceptors (Lipinski definition) is 6. The Labute approximate surface area is 210 Å². The molecule has 0 bridgehead atoms. The van der Waals surface area contributed by atoms with Crippen LogP contribution in [0.3, 0.4) is 0 Å². The standard InChI is InChI=1S/C25H35N3O6S/c1-25(2,3)34-24(33)28-15-35-14-19(28)21(29)27-20(17-7-5-4-6-8-17)22(30)26-13-16-9-11-18(12-10-16)23(31)32/h4-8,16,18-20H,9-15H2,1-3H3,(H,26,30)(H,27,29)(H,31,32). The third kappa shape index (κ3) is 7.62. The average Bonchev–Trinajstić information content (AvgIpc) is 3.31. The first-order valence-corrected chi connectivity index (χ1v) is 13.1. The summed E-state index contributed by atoms with van der Waals surface area (Å²) in [7, 11) is 0. The number of benzene rings is 1. The number of carboxylic acid groups (broad SMARTS) is 1. The van der Waals surface area contributed by atoms with E-state index < -0.39 is 35.7 Å². The summed E-state index contributed by atoms with van der Waals surface area (Å²) in [5.41, 5.74) is -0.0380. The molecule has 192 valence electrons. The van der Waals surface area contributed by atoms with Gasteiger partial charge in [0.05, 0.1) is 11.8 Å². The maximum absolute atomic E-state index is 13.2.